The van der Waals surface area contributed by atoms with Crippen LogP contribution in [0.25, 0.3) is 0 Å². The van der Waals surface area contributed by atoms with Crippen LogP contribution >= 0.6 is 0 Å². The maximum atomic E-state index is 9.52. The largest absolute Gasteiger partial charge is 0.396 e. The van der Waals surface area contributed by atoms with Crippen molar-refractivity contribution in [3.05, 3.63) is 34.9 Å². The van der Waals surface area contributed by atoms with Gasteiger partial charge in [0.2, 0.25) is 0 Å². The molecule has 1 aromatic carbocycles. The molecule has 16 heavy (non-hydrogen) atoms. The summed E-state index contributed by atoms with van der Waals surface area (Å²) in [6.45, 7) is 4.55. The molecule has 1 aliphatic rings. The number of aliphatic hydroxyl groups excluding tert-OH is 1. The Labute approximate surface area is 97.7 Å². The van der Waals surface area contributed by atoms with Crippen molar-refractivity contribution in [3.8, 4) is 0 Å². The summed E-state index contributed by atoms with van der Waals surface area (Å²) < 4.78 is 0. The lowest BCUT2D eigenvalue weighted by Crippen LogP contribution is -2.29. The molecule has 88 valence electrons. The standard InChI is InChI=1S/C14H21NO/c1-10-4-5-12(11(2)8-10)13(15-3)14(9-16)6-7-14/h4-5,8,13,15-16H,6-7,9H2,1-3H3. The third kappa shape index (κ3) is 1.87. The van der Waals surface area contributed by atoms with E-state index in [0.29, 0.717) is 0 Å². The fourth-order valence-electron chi connectivity index (χ4n) is 2.64. The van der Waals surface area contributed by atoms with Gasteiger partial charge in [-0.25, -0.2) is 0 Å². The number of hydrogen-bond acceptors (Lipinski definition) is 2. The van der Waals surface area contributed by atoms with Crippen molar-refractivity contribution < 1.29 is 5.11 Å². The van der Waals surface area contributed by atoms with E-state index >= 15 is 0 Å². The van der Waals surface area contributed by atoms with Gasteiger partial charge in [0.1, 0.15) is 0 Å². The molecule has 2 N–H and O–H groups in total. The molecule has 1 aromatic rings. The number of aliphatic hydroxyl groups is 1. The number of aryl methyl sites for hydroxylation is 2. The van der Waals surface area contributed by atoms with Gasteiger partial charge in [-0.2, -0.15) is 0 Å². The minimum Gasteiger partial charge on any atom is -0.396 e. The normalized spacial score (nSPS) is 19.5. The second-order valence-electron chi connectivity index (χ2n) is 5.10. The first-order chi connectivity index (χ1) is 7.63. The van der Waals surface area contributed by atoms with Gasteiger partial charge in [-0.05, 0) is 44.9 Å². The fraction of sp³-hybridized carbons (Fsp3) is 0.571. The van der Waals surface area contributed by atoms with Gasteiger partial charge in [0.15, 0.2) is 0 Å². The number of benzene rings is 1. The van der Waals surface area contributed by atoms with E-state index in [0.717, 1.165) is 12.8 Å². The molecule has 1 unspecified atom stereocenters. The first kappa shape index (κ1) is 11.6. The fourth-order valence-corrected chi connectivity index (χ4v) is 2.64. The van der Waals surface area contributed by atoms with Crippen molar-refractivity contribution in [3.63, 3.8) is 0 Å². The van der Waals surface area contributed by atoms with Crippen LogP contribution in [0, 0.1) is 19.3 Å². The van der Waals surface area contributed by atoms with Gasteiger partial charge in [-0.15, -0.1) is 0 Å². The molecular formula is C14H21NO. The Hall–Kier alpha value is -0.860. The first-order valence-electron chi connectivity index (χ1n) is 5.98. The second-order valence-corrected chi connectivity index (χ2v) is 5.10. The minimum atomic E-state index is 0.0920. The molecule has 0 bridgehead atoms. The van der Waals surface area contributed by atoms with E-state index < -0.39 is 0 Å². The molecule has 1 saturated carbocycles. The predicted molar refractivity (Wildman–Crippen MR) is 66.5 cm³/mol. The molecule has 0 aromatic heterocycles. The van der Waals surface area contributed by atoms with Crippen LogP contribution in [0.5, 0.6) is 0 Å². The van der Waals surface area contributed by atoms with E-state index in [1.54, 1.807) is 0 Å². The Bertz CT molecular complexity index is 382. The quantitative estimate of drug-likeness (QED) is 0.814. The highest BCUT2D eigenvalue weighted by Crippen LogP contribution is 2.54. The van der Waals surface area contributed by atoms with E-state index in [-0.39, 0.29) is 18.1 Å². The van der Waals surface area contributed by atoms with Crippen LogP contribution in [0.2, 0.25) is 0 Å². The summed E-state index contributed by atoms with van der Waals surface area (Å²) in [7, 11) is 1.99. The van der Waals surface area contributed by atoms with Crippen molar-refractivity contribution >= 4 is 0 Å². The monoisotopic (exact) mass is 219 g/mol. The van der Waals surface area contributed by atoms with Crippen molar-refractivity contribution in [1.82, 2.24) is 5.32 Å². The lowest BCUT2D eigenvalue weighted by molar-refractivity contribution is 0.175. The Morgan fingerprint density at radius 2 is 2.06 bits per heavy atom. The third-order valence-electron chi connectivity index (χ3n) is 3.84. The molecule has 0 saturated heterocycles. The molecule has 0 spiro atoms. The average Bonchev–Trinajstić information content (AvgIpc) is 3.03. The van der Waals surface area contributed by atoms with Gasteiger partial charge in [0, 0.05) is 11.5 Å². The van der Waals surface area contributed by atoms with E-state index in [2.05, 4.69) is 37.4 Å². The van der Waals surface area contributed by atoms with Crippen LogP contribution in [-0.4, -0.2) is 18.8 Å². The van der Waals surface area contributed by atoms with E-state index in [1.807, 2.05) is 7.05 Å². The SMILES string of the molecule is CNC(c1ccc(C)cc1C)C1(CO)CC1. The van der Waals surface area contributed by atoms with Gasteiger partial charge < -0.3 is 10.4 Å². The Morgan fingerprint density at radius 1 is 1.38 bits per heavy atom. The van der Waals surface area contributed by atoms with Crippen molar-refractivity contribution in [2.75, 3.05) is 13.7 Å². The summed E-state index contributed by atoms with van der Waals surface area (Å²) in [5.74, 6) is 0. The lowest BCUT2D eigenvalue weighted by atomic mass is 9.87. The molecule has 2 rings (SSSR count). The van der Waals surface area contributed by atoms with Gasteiger partial charge in [0.05, 0.1) is 6.61 Å². The number of hydrogen-bond donors (Lipinski definition) is 2. The van der Waals surface area contributed by atoms with Gasteiger partial charge >= 0.3 is 0 Å². The van der Waals surface area contributed by atoms with E-state index in [9.17, 15) is 5.11 Å². The highest BCUT2D eigenvalue weighted by atomic mass is 16.3. The lowest BCUT2D eigenvalue weighted by Gasteiger charge is -2.27. The zero-order chi connectivity index (χ0) is 11.8. The smallest absolute Gasteiger partial charge is 0.0505 e. The van der Waals surface area contributed by atoms with Crippen LogP contribution in [0.15, 0.2) is 18.2 Å². The molecular weight excluding hydrogens is 198 g/mol. The van der Waals surface area contributed by atoms with Crippen molar-refractivity contribution in [1.29, 1.82) is 0 Å². The van der Waals surface area contributed by atoms with Gasteiger partial charge in [-0.1, -0.05) is 23.8 Å². The molecule has 0 aliphatic heterocycles. The Morgan fingerprint density at radius 3 is 2.50 bits per heavy atom. The maximum Gasteiger partial charge on any atom is 0.0505 e. The zero-order valence-corrected chi connectivity index (χ0v) is 10.4. The summed E-state index contributed by atoms with van der Waals surface area (Å²) >= 11 is 0. The van der Waals surface area contributed by atoms with E-state index in [4.69, 9.17) is 0 Å². The first-order valence-corrected chi connectivity index (χ1v) is 5.98. The molecule has 2 nitrogen and oxygen atoms in total. The van der Waals surface area contributed by atoms with Gasteiger partial charge in [-0.3, -0.25) is 0 Å². The summed E-state index contributed by atoms with van der Waals surface area (Å²) in [6.07, 6.45) is 2.25. The number of nitrogens with one attached hydrogen (secondary N) is 1. The summed E-state index contributed by atoms with van der Waals surface area (Å²) in [4.78, 5) is 0. The van der Waals surface area contributed by atoms with Gasteiger partial charge in [0.25, 0.3) is 0 Å². The van der Waals surface area contributed by atoms with Crippen LogP contribution in [0.3, 0.4) is 0 Å². The molecule has 1 aliphatic carbocycles. The van der Waals surface area contributed by atoms with Crippen LogP contribution in [0.4, 0.5) is 0 Å². The van der Waals surface area contributed by atoms with E-state index in [1.165, 1.54) is 16.7 Å². The summed E-state index contributed by atoms with van der Waals surface area (Å²) in [6, 6.07) is 6.85. The molecule has 1 fully saturated rings. The Balaban J connectivity index is 2.34. The average molecular weight is 219 g/mol. The van der Waals surface area contributed by atoms with Crippen LogP contribution in [-0.2, 0) is 0 Å². The topological polar surface area (TPSA) is 32.3 Å². The minimum absolute atomic E-state index is 0.0920. The predicted octanol–water partition coefficient (Wildman–Crippen LogP) is 2.34. The molecule has 0 amide bonds. The summed E-state index contributed by atoms with van der Waals surface area (Å²) in [5.41, 5.74) is 4.04. The molecule has 0 heterocycles. The van der Waals surface area contributed by atoms with Crippen LogP contribution < -0.4 is 5.32 Å². The molecule has 0 radical (unpaired) electrons. The molecule has 1 atom stereocenters. The van der Waals surface area contributed by atoms with Crippen molar-refractivity contribution in [2.24, 2.45) is 5.41 Å². The number of rotatable bonds is 4. The maximum absolute atomic E-state index is 9.52. The van der Waals surface area contributed by atoms with Crippen molar-refractivity contribution in [2.45, 2.75) is 32.7 Å². The zero-order valence-electron chi connectivity index (χ0n) is 10.4. The highest BCUT2D eigenvalue weighted by Gasteiger charge is 2.49. The third-order valence-corrected chi connectivity index (χ3v) is 3.84. The highest BCUT2D eigenvalue weighted by molar-refractivity contribution is 5.35. The Kier molecular flexibility index (Phi) is 3.04. The van der Waals surface area contributed by atoms with Crippen LogP contribution in [0.1, 0.15) is 35.6 Å². The second kappa shape index (κ2) is 4.19. The summed E-state index contributed by atoms with van der Waals surface area (Å²) in [5, 5.41) is 12.9. The molecule has 2 heteroatoms.